The molecular weight excluding hydrogens is 164 g/mol. The zero-order valence-corrected chi connectivity index (χ0v) is 7.79. The molecule has 2 heterocycles. The lowest BCUT2D eigenvalue weighted by atomic mass is 10.3. The number of aryl methyl sites for hydroxylation is 1. The lowest BCUT2D eigenvalue weighted by Gasteiger charge is -1.96. The number of hydrogen-bond acceptors (Lipinski definition) is 2. The third-order valence-electron chi connectivity index (χ3n) is 2.13. The smallest absolute Gasteiger partial charge is 0.213 e. The third-order valence-corrected chi connectivity index (χ3v) is 2.13. The van der Waals surface area contributed by atoms with Gasteiger partial charge in [-0.05, 0) is 12.5 Å². The molecule has 0 atom stereocenters. The van der Waals surface area contributed by atoms with Gasteiger partial charge in [-0.15, -0.1) is 0 Å². The van der Waals surface area contributed by atoms with Gasteiger partial charge in [0, 0.05) is 17.1 Å². The van der Waals surface area contributed by atoms with Crippen LogP contribution in [0, 0.1) is 0 Å². The molecule has 0 saturated carbocycles. The normalized spacial score (nSPS) is 10.6. The summed E-state index contributed by atoms with van der Waals surface area (Å²) in [5.74, 6) is 0.661. The van der Waals surface area contributed by atoms with Crippen LogP contribution in [-0.2, 0) is 6.42 Å². The van der Waals surface area contributed by atoms with E-state index in [1.807, 2.05) is 6.07 Å². The van der Waals surface area contributed by atoms with Gasteiger partial charge in [-0.1, -0.05) is 6.92 Å². The standard InChI is InChI=1S/C10H12N2O/c1-3-8-4-7-5-10(13-2)11-6-9(7)12-8/h4-6,12H,3H2,1-2H3. The maximum atomic E-state index is 5.04. The first-order valence-corrected chi connectivity index (χ1v) is 4.35. The first-order valence-electron chi connectivity index (χ1n) is 4.35. The van der Waals surface area contributed by atoms with Crippen LogP contribution in [0.1, 0.15) is 12.6 Å². The molecule has 3 heteroatoms. The van der Waals surface area contributed by atoms with Crippen LogP contribution in [0.2, 0.25) is 0 Å². The highest BCUT2D eigenvalue weighted by Gasteiger charge is 2.00. The van der Waals surface area contributed by atoms with Gasteiger partial charge in [0.25, 0.3) is 0 Å². The van der Waals surface area contributed by atoms with Crippen molar-refractivity contribution in [2.75, 3.05) is 7.11 Å². The van der Waals surface area contributed by atoms with Crippen LogP contribution >= 0.6 is 0 Å². The number of nitrogens with one attached hydrogen (secondary N) is 1. The SMILES string of the molecule is CCc1cc2cc(OC)ncc2[nH]1. The number of nitrogens with zero attached hydrogens (tertiary/aromatic N) is 1. The average Bonchev–Trinajstić information content (AvgIpc) is 2.58. The molecule has 2 aromatic rings. The fourth-order valence-electron chi connectivity index (χ4n) is 1.37. The number of rotatable bonds is 2. The van der Waals surface area contributed by atoms with Crippen molar-refractivity contribution in [3.05, 3.63) is 24.0 Å². The summed E-state index contributed by atoms with van der Waals surface area (Å²) in [6.07, 6.45) is 2.81. The van der Waals surface area contributed by atoms with E-state index in [2.05, 4.69) is 23.0 Å². The summed E-state index contributed by atoms with van der Waals surface area (Å²) in [4.78, 5) is 7.40. The molecule has 13 heavy (non-hydrogen) atoms. The van der Waals surface area contributed by atoms with Gasteiger partial charge in [0.15, 0.2) is 0 Å². The van der Waals surface area contributed by atoms with Crippen LogP contribution in [0.25, 0.3) is 10.9 Å². The fourth-order valence-corrected chi connectivity index (χ4v) is 1.37. The van der Waals surface area contributed by atoms with Crippen LogP contribution in [0.3, 0.4) is 0 Å². The number of ether oxygens (including phenoxy) is 1. The lowest BCUT2D eigenvalue weighted by molar-refractivity contribution is 0.399. The summed E-state index contributed by atoms with van der Waals surface area (Å²) in [6, 6.07) is 4.06. The molecule has 0 aromatic carbocycles. The van der Waals surface area contributed by atoms with Gasteiger partial charge in [0.2, 0.25) is 5.88 Å². The van der Waals surface area contributed by atoms with Crippen LogP contribution in [-0.4, -0.2) is 17.1 Å². The van der Waals surface area contributed by atoms with Crippen molar-refractivity contribution in [3.8, 4) is 5.88 Å². The molecule has 0 aliphatic carbocycles. The molecule has 3 nitrogen and oxygen atoms in total. The Balaban J connectivity index is 2.57. The van der Waals surface area contributed by atoms with E-state index in [-0.39, 0.29) is 0 Å². The van der Waals surface area contributed by atoms with E-state index >= 15 is 0 Å². The molecule has 0 aliphatic heterocycles. The Bertz CT molecular complexity index is 418. The molecule has 0 bridgehead atoms. The molecule has 2 aromatic heterocycles. The highest BCUT2D eigenvalue weighted by Crippen LogP contribution is 2.18. The highest BCUT2D eigenvalue weighted by atomic mass is 16.5. The lowest BCUT2D eigenvalue weighted by Crippen LogP contribution is -1.85. The van der Waals surface area contributed by atoms with Crippen LogP contribution in [0.5, 0.6) is 5.88 Å². The summed E-state index contributed by atoms with van der Waals surface area (Å²) in [5, 5.41) is 1.16. The Kier molecular flexibility index (Phi) is 1.93. The second kappa shape index (κ2) is 3.09. The van der Waals surface area contributed by atoms with Crippen LogP contribution in [0.4, 0.5) is 0 Å². The number of hydrogen-bond donors (Lipinski definition) is 1. The third kappa shape index (κ3) is 1.37. The quantitative estimate of drug-likeness (QED) is 0.761. The maximum Gasteiger partial charge on any atom is 0.213 e. The van der Waals surface area contributed by atoms with Crippen molar-refractivity contribution >= 4 is 10.9 Å². The topological polar surface area (TPSA) is 37.9 Å². The van der Waals surface area contributed by atoms with E-state index in [0.29, 0.717) is 5.88 Å². The summed E-state index contributed by atoms with van der Waals surface area (Å²) in [7, 11) is 1.63. The summed E-state index contributed by atoms with van der Waals surface area (Å²) >= 11 is 0. The van der Waals surface area contributed by atoms with Crippen molar-refractivity contribution < 1.29 is 4.74 Å². The number of H-pyrrole nitrogens is 1. The molecule has 2 rings (SSSR count). The van der Waals surface area contributed by atoms with Crippen molar-refractivity contribution in [2.24, 2.45) is 0 Å². The van der Waals surface area contributed by atoms with Crippen molar-refractivity contribution in [2.45, 2.75) is 13.3 Å². The van der Waals surface area contributed by atoms with E-state index in [4.69, 9.17) is 4.74 Å². The molecule has 1 N–H and O–H groups in total. The monoisotopic (exact) mass is 176 g/mol. The number of aromatic amines is 1. The van der Waals surface area contributed by atoms with Gasteiger partial charge < -0.3 is 9.72 Å². The Morgan fingerprint density at radius 2 is 2.31 bits per heavy atom. The molecule has 0 spiro atoms. The number of fused-ring (bicyclic) bond motifs is 1. The molecule has 0 radical (unpaired) electrons. The zero-order valence-electron chi connectivity index (χ0n) is 7.79. The Morgan fingerprint density at radius 3 is 3.00 bits per heavy atom. The van der Waals surface area contributed by atoms with Gasteiger partial charge >= 0.3 is 0 Å². The van der Waals surface area contributed by atoms with E-state index < -0.39 is 0 Å². The second-order valence-electron chi connectivity index (χ2n) is 2.96. The van der Waals surface area contributed by atoms with Gasteiger partial charge in [-0.25, -0.2) is 4.98 Å². The van der Waals surface area contributed by atoms with Crippen LogP contribution < -0.4 is 4.74 Å². The van der Waals surface area contributed by atoms with Crippen molar-refractivity contribution in [3.63, 3.8) is 0 Å². The molecule has 0 aliphatic rings. The van der Waals surface area contributed by atoms with Crippen LogP contribution in [0.15, 0.2) is 18.3 Å². The average molecular weight is 176 g/mol. The van der Waals surface area contributed by atoms with Gasteiger partial charge in [0.05, 0.1) is 18.8 Å². The number of methoxy groups -OCH3 is 1. The first kappa shape index (κ1) is 8.10. The van der Waals surface area contributed by atoms with Gasteiger partial charge in [-0.3, -0.25) is 0 Å². The minimum atomic E-state index is 0.661. The predicted octanol–water partition coefficient (Wildman–Crippen LogP) is 2.13. The van der Waals surface area contributed by atoms with Gasteiger partial charge in [0.1, 0.15) is 0 Å². The Labute approximate surface area is 76.8 Å². The van der Waals surface area contributed by atoms with Crippen molar-refractivity contribution in [1.29, 1.82) is 0 Å². The largest absolute Gasteiger partial charge is 0.481 e. The summed E-state index contributed by atoms with van der Waals surface area (Å²) in [6.45, 7) is 2.12. The fraction of sp³-hybridized carbons (Fsp3) is 0.300. The zero-order chi connectivity index (χ0) is 9.26. The minimum Gasteiger partial charge on any atom is -0.481 e. The predicted molar refractivity (Wildman–Crippen MR) is 52.0 cm³/mol. The second-order valence-corrected chi connectivity index (χ2v) is 2.96. The minimum absolute atomic E-state index is 0.661. The van der Waals surface area contributed by atoms with E-state index in [0.717, 1.165) is 17.3 Å². The first-order chi connectivity index (χ1) is 6.33. The molecule has 0 saturated heterocycles. The Hall–Kier alpha value is -1.51. The molecular formula is C10H12N2O. The van der Waals surface area contributed by atoms with Gasteiger partial charge in [-0.2, -0.15) is 0 Å². The van der Waals surface area contributed by atoms with Crippen molar-refractivity contribution in [1.82, 2.24) is 9.97 Å². The molecule has 68 valence electrons. The highest BCUT2D eigenvalue weighted by molar-refractivity contribution is 5.80. The maximum absolute atomic E-state index is 5.04. The van der Waals surface area contributed by atoms with E-state index in [1.165, 1.54) is 5.69 Å². The number of pyridine rings is 1. The van der Waals surface area contributed by atoms with E-state index in [9.17, 15) is 0 Å². The molecule has 0 fully saturated rings. The molecule has 0 amide bonds. The summed E-state index contributed by atoms with van der Waals surface area (Å²) < 4.78 is 5.04. The summed E-state index contributed by atoms with van der Waals surface area (Å²) in [5.41, 5.74) is 2.29. The Morgan fingerprint density at radius 1 is 1.46 bits per heavy atom. The molecule has 0 unspecified atom stereocenters. The van der Waals surface area contributed by atoms with E-state index in [1.54, 1.807) is 13.3 Å². The number of aromatic nitrogens is 2.